The first-order chi connectivity index (χ1) is 16.3. The molecule has 0 heterocycles. The van der Waals surface area contributed by atoms with Crippen molar-refractivity contribution in [2.75, 3.05) is 6.54 Å². The first kappa shape index (κ1) is 22.0. The van der Waals surface area contributed by atoms with E-state index in [1.54, 1.807) is 24.3 Å². The van der Waals surface area contributed by atoms with E-state index < -0.39 is 12.1 Å². The predicted octanol–water partition coefficient (Wildman–Crippen LogP) is 5.81. The standard InChI is InChI=1S/C28H30ClNO4/c1-16(26(32)33)34-24-5-3-2-4-21(24)18-6-7-23(29)22(9-18)25(31)30-15-27-11-17-8-19-10-20(13-27)28(19,12-17)14-27/h2-7,9,16-17,19-20H,8,10-15H2,1H3,(H,30,31)(H,32,33)/t16-,17?,19?,20-,27?,28?/m0/s1. The van der Waals surface area contributed by atoms with Crippen LogP contribution in [0.25, 0.3) is 11.1 Å². The summed E-state index contributed by atoms with van der Waals surface area (Å²) in [5, 5.41) is 12.9. The van der Waals surface area contributed by atoms with E-state index in [0.717, 1.165) is 35.4 Å². The second-order valence-electron chi connectivity index (χ2n) is 11.2. The van der Waals surface area contributed by atoms with Gasteiger partial charge in [0.05, 0.1) is 10.6 Å². The van der Waals surface area contributed by atoms with Crippen LogP contribution in [0.15, 0.2) is 42.5 Å². The van der Waals surface area contributed by atoms with Gasteiger partial charge in [-0.15, -0.1) is 0 Å². The van der Waals surface area contributed by atoms with Gasteiger partial charge in [-0.3, -0.25) is 4.79 Å². The van der Waals surface area contributed by atoms with Crippen molar-refractivity contribution in [1.29, 1.82) is 0 Å². The molecule has 5 nitrogen and oxygen atoms in total. The molecule has 6 rings (SSSR count). The van der Waals surface area contributed by atoms with Crippen LogP contribution in [0.4, 0.5) is 0 Å². The number of benzene rings is 2. The number of fused-ring (bicyclic) bond motifs is 2. The highest BCUT2D eigenvalue weighted by Crippen LogP contribution is 2.78. The van der Waals surface area contributed by atoms with Crippen LogP contribution in [0.5, 0.6) is 5.75 Å². The molecule has 2 aromatic rings. The van der Waals surface area contributed by atoms with E-state index in [2.05, 4.69) is 5.32 Å². The highest BCUT2D eigenvalue weighted by atomic mass is 35.5. The molecule has 6 atom stereocenters. The van der Waals surface area contributed by atoms with Crippen LogP contribution in [0.2, 0.25) is 5.02 Å². The maximum Gasteiger partial charge on any atom is 0.344 e. The zero-order valence-corrected chi connectivity index (χ0v) is 20.1. The Bertz CT molecular complexity index is 1180. The Morgan fingerprint density at radius 3 is 2.79 bits per heavy atom. The number of halogens is 1. The second-order valence-corrected chi connectivity index (χ2v) is 11.6. The Morgan fingerprint density at radius 2 is 1.97 bits per heavy atom. The number of carbonyl (C=O) groups is 2. The van der Waals surface area contributed by atoms with Gasteiger partial charge < -0.3 is 15.2 Å². The summed E-state index contributed by atoms with van der Waals surface area (Å²) in [6.07, 6.45) is 7.05. The lowest BCUT2D eigenvalue weighted by Crippen LogP contribution is -2.43. The minimum absolute atomic E-state index is 0.148. The molecule has 2 N–H and O–H groups in total. The van der Waals surface area contributed by atoms with Crippen molar-refractivity contribution in [3.05, 3.63) is 53.1 Å². The van der Waals surface area contributed by atoms with E-state index in [4.69, 9.17) is 16.3 Å². The normalized spacial score (nSPS) is 33.2. The summed E-state index contributed by atoms with van der Waals surface area (Å²) in [6, 6.07) is 12.6. The number of carboxylic acids is 1. The molecule has 1 amide bonds. The van der Waals surface area contributed by atoms with Gasteiger partial charge in [0, 0.05) is 12.1 Å². The maximum absolute atomic E-state index is 13.3. The molecule has 34 heavy (non-hydrogen) atoms. The maximum atomic E-state index is 13.3. The van der Waals surface area contributed by atoms with Crippen molar-refractivity contribution >= 4 is 23.5 Å². The molecule has 3 bridgehead atoms. The van der Waals surface area contributed by atoms with Crippen molar-refractivity contribution in [2.45, 2.75) is 51.6 Å². The summed E-state index contributed by atoms with van der Waals surface area (Å²) in [5.41, 5.74) is 2.78. The Kier molecular flexibility index (Phi) is 5.00. The van der Waals surface area contributed by atoms with Gasteiger partial charge in [0.25, 0.3) is 5.91 Å². The number of nitrogens with one attached hydrogen (secondary N) is 1. The summed E-state index contributed by atoms with van der Waals surface area (Å²) in [7, 11) is 0. The van der Waals surface area contributed by atoms with Crippen LogP contribution in [0, 0.1) is 28.6 Å². The third-order valence-corrected chi connectivity index (χ3v) is 9.60. The second kappa shape index (κ2) is 7.74. The van der Waals surface area contributed by atoms with Crippen LogP contribution >= 0.6 is 11.6 Å². The van der Waals surface area contributed by atoms with Crippen molar-refractivity contribution in [3.8, 4) is 16.9 Å². The van der Waals surface area contributed by atoms with Crippen LogP contribution in [0.1, 0.15) is 55.8 Å². The molecule has 0 radical (unpaired) electrons. The Balaban J connectivity index is 1.21. The third kappa shape index (κ3) is 3.35. The van der Waals surface area contributed by atoms with Crippen LogP contribution < -0.4 is 10.1 Å². The van der Waals surface area contributed by atoms with Gasteiger partial charge in [-0.1, -0.05) is 35.9 Å². The number of aliphatic carboxylic acids is 1. The van der Waals surface area contributed by atoms with Crippen LogP contribution in [0.3, 0.4) is 0 Å². The molecule has 0 aliphatic heterocycles. The summed E-state index contributed by atoms with van der Waals surface area (Å²) < 4.78 is 5.66. The molecule has 1 spiro atoms. The van der Waals surface area contributed by atoms with Gasteiger partial charge in [0.2, 0.25) is 0 Å². The molecule has 4 fully saturated rings. The van der Waals surface area contributed by atoms with Crippen molar-refractivity contribution in [1.82, 2.24) is 5.32 Å². The highest BCUT2D eigenvalue weighted by molar-refractivity contribution is 6.34. The van der Waals surface area contributed by atoms with E-state index in [1.807, 2.05) is 18.2 Å². The van der Waals surface area contributed by atoms with Gasteiger partial charge in [-0.2, -0.15) is 0 Å². The lowest BCUT2D eigenvalue weighted by Gasteiger charge is -2.49. The fourth-order valence-electron chi connectivity index (χ4n) is 8.02. The van der Waals surface area contributed by atoms with Gasteiger partial charge in [0.15, 0.2) is 6.10 Å². The quantitative estimate of drug-likeness (QED) is 0.525. The number of ether oxygens (including phenoxy) is 1. The fraction of sp³-hybridized carbons (Fsp3) is 0.500. The van der Waals surface area contributed by atoms with E-state index in [9.17, 15) is 14.7 Å². The lowest BCUT2D eigenvalue weighted by molar-refractivity contribution is -0.144. The Labute approximate surface area is 204 Å². The third-order valence-electron chi connectivity index (χ3n) is 9.27. The summed E-state index contributed by atoms with van der Waals surface area (Å²) >= 11 is 6.46. The van der Waals surface area contributed by atoms with Gasteiger partial charge in [-0.25, -0.2) is 4.79 Å². The summed E-state index contributed by atoms with van der Waals surface area (Å²) in [4.78, 5) is 24.5. The average molecular weight is 480 g/mol. The van der Waals surface area contributed by atoms with Gasteiger partial charge >= 0.3 is 5.97 Å². The van der Waals surface area contributed by atoms with Gasteiger partial charge in [-0.05, 0) is 97.8 Å². The van der Waals surface area contributed by atoms with E-state index in [0.29, 0.717) is 21.8 Å². The number of hydrogen-bond acceptors (Lipinski definition) is 3. The van der Waals surface area contributed by atoms with Crippen molar-refractivity contribution in [3.63, 3.8) is 0 Å². The molecular formula is C28H30ClNO4. The minimum atomic E-state index is -1.03. The lowest BCUT2D eigenvalue weighted by atomic mass is 9.55. The number of amides is 1. The zero-order chi connectivity index (χ0) is 23.7. The van der Waals surface area contributed by atoms with E-state index >= 15 is 0 Å². The zero-order valence-electron chi connectivity index (χ0n) is 19.4. The fourth-order valence-corrected chi connectivity index (χ4v) is 8.23. The number of para-hydroxylation sites is 1. The van der Waals surface area contributed by atoms with E-state index in [-0.39, 0.29) is 11.3 Å². The topological polar surface area (TPSA) is 75.6 Å². The molecule has 0 aromatic heterocycles. The first-order valence-electron chi connectivity index (χ1n) is 12.4. The molecule has 4 saturated carbocycles. The monoisotopic (exact) mass is 479 g/mol. The largest absolute Gasteiger partial charge is 0.479 e. The Morgan fingerprint density at radius 1 is 1.15 bits per heavy atom. The van der Waals surface area contributed by atoms with Crippen molar-refractivity contribution in [2.24, 2.45) is 28.6 Å². The van der Waals surface area contributed by atoms with Gasteiger partial charge in [0.1, 0.15) is 5.75 Å². The molecule has 178 valence electrons. The van der Waals surface area contributed by atoms with Crippen molar-refractivity contribution < 1.29 is 19.4 Å². The van der Waals surface area contributed by atoms with Crippen LogP contribution in [-0.2, 0) is 4.79 Å². The molecular weight excluding hydrogens is 450 g/mol. The SMILES string of the molecule is C[C@H](Oc1ccccc1-c1ccc(Cl)c(C(=O)NCC23CC4CC5C[C@@H](C2)C5(C4)C3)c1)C(=O)O. The molecule has 2 aromatic carbocycles. The number of carbonyl (C=O) groups excluding carboxylic acids is 1. The molecule has 4 aliphatic rings. The summed E-state index contributed by atoms with van der Waals surface area (Å²) in [6.45, 7) is 2.22. The summed E-state index contributed by atoms with van der Waals surface area (Å²) in [5.74, 6) is 1.94. The minimum Gasteiger partial charge on any atom is -0.479 e. The molecule has 4 unspecified atom stereocenters. The number of rotatable bonds is 7. The Hall–Kier alpha value is -2.53. The average Bonchev–Trinajstić information content (AvgIpc) is 3.13. The van der Waals surface area contributed by atoms with Crippen LogP contribution in [-0.4, -0.2) is 29.6 Å². The smallest absolute Gasteiger partial charge is 0.344 e. The van der Waals surface area contributed by atoms with E-state index in [1.165, 1.54) is 45.4 Å². The molecule has 4 aliphatic carbocycles. The first-order valence-corrected chi connectivity index (χ1v) is 12.7. The predicted molar refractivity (Wildman–Crippen MR) is 130 cm³/mol. The highest BCUT2D eigenvalue weighted by Gasteiger charge is 2.70. The molecule has 6 heteroatoms. The number of hydrogen-bond donors (Lipinski definition) is 2. The number of carboxylic acid groups (broad SMARTS) is 1. The molecule has 0 saturated heterocycles.